The summed E-state index contributed by atoms with van der Waals surface area (Å²) in [5.41, 5.74) is 11.4. The lowest BCUT2D eigenvalue weighted by atomic mass is 9.88. The first-order valence-corrected chi connectivity index (χ1v) is 6.52. The Hall–Kier alpha value is -1.56. The van der Waals surface area contributed by atoms with Crippen LogP contribution in [-0.2, 0) is 10.9 Å². The van der Waals surface area contributed by atoms with Crippen LogP contribution in [-0.4, -0.2) is 5.25 Å². The van der Waals surface area contributed by atoms with Crippen LogP contribution >= 0.6 is 11.8 Å². The zero-order valence-corrected chi connectivity index (χ0v) is 10.6. The molecule has 1 fully saturated rings. The minimum absolute atomic E-state index is 0.0257. The summed E-state index contributed by atoms with van der Waals surface area (Å²) in [6.45, 7) is 0. The fourth-order valence-corrected chi connectivity index (χ4v) is 3.66. The van der Waals surface area contributed by atoms with E-state index >= 15 is 0 Å². The van der Waals surface area contributed by atoms with Crippen LogP contribution in [0, 0.1) is 0 Å². The van der Waals surface area contributed by atoms with Crippen LogP contribution in [0.2, 0.25) is 0 Å². The molecule has 6 heteroatoms. The van der Waals surface area contributed by atoms with E-state index in [0.29, 0.717) is 5.70 Å². The fraction of sp³-hybridized carbons (Fsp3) is 0.231. The largest absolute Gasteiger partial charge is 0.416 e. The molecule has 3 rings (SSSR count). The van der Waals surface area contributed by atoms with Crippen molar-refractivity contribution in [2.75, 3.05) is 5.73 Å². The van der Waals surface area contributed by atoms with Crippen molar-refractivity contribution >= 4 is 17.4 Å². The highest BCUT2D eigenvalue weighted by atomic mass is 32.2. The summed E-state index contributed by atoms with van der Waals surface area (Å²) in [5, 5.41) is -0.0257. The average Bonchev–Trinajstić information content (AvgIpc) is 3.02. The van der Waals surface area contributed by atoms with Gasteiger partial charge in [0.15, 0.2) is 0 Å². The third-order valence-electron chi connectivity index (χ3n) is 3.32. The Morgan fingerprint density at radius 2 is 1.95 bits per heavy atom. The van der Waals surface area contributed by atoms with Crippen molar-refractivity contribution in [2.24, 2.45) is 5.73 Å². The predicted octanol–water partition coefficient (Wildman–Crippen LogP) is 3.01. The lowest BCUT2D eigenvalue weighted by Crippen LogP contribution is -2.19. The highest BCUT2D eigenvalue weighted by Crippen LogP contribution is 2.65. The smallest absolute Gasteiger partial charge is 0.399 e. The van der Waals surface area contributed by atoms with Gasteiger partial charge in [-0.15, -0.1) is 11.8 Å². The van der Waals surface area contributed by atoms with Gasteiger partial charge in [-0.1, -0.05) is 12.1 Å². The number of hydrogen-bond acceptors (Lipinski definition) is 3. The molecule has 100 valence electrons. The Morgan fingerprint density at radius 1 is 1.21 bits per heavy atom. The average molecular weight is 284 g/mol. The van der Waals surface area contributed by atoms with Crippen molar-refractivity contribution in [3.63, 3.8) is 0 Å². The van der Waals surface area contributed by atoms with Gasteiger partial charge in [0, 0.05) is 16.6 Å². The number of allylic oxidation sites excluding steroid dienone is 1. The molecular weight excluding hydrogens is 273 g/mol. The van der Waals surface area contributed by atoms with E-state index in [1.165, 1.54) is 23.9 Å². The second-order valence-corrected chi connectivity index (χ2v) is 6.05. The molecule has 1 aliphatic carbocycles. The Morgan fingerprint density at radius 3 is 2.58 bits per heavy atom. The van der Waals surface area contributed by atoms with E-state index in [2.05, 4.69) is 0 Å². The zero-order chi connectivity index (χ0) is 13.8. The summed E-state index contributed by atoms with van der Waals surface area (Å²) in [6, 6.07) is 3.96. The van der Waals surface area contributed by atoms with Gasteiger partial charge in [-0.3, -0.25) is 0 Å². The molecule has 2 atom stereocenters. The van der Waals surface area contributed by atoms with Crippen molar-refractivity contribution in [1.82, 2.24) is 0 Å². The Labute approximate surface area is 112 Å². The number of thioether (sulfide) groups is 1. The number of fused-ring (bicyclic) bond motifs is 1. The number of halogens is 3. The van der Waals surface area contributed by atoms with E-state index in [0.717, 1.165) is 6.07 Å². The van der Waals surface area contributed by atoms with Crippen LogP contribution in [0.1, 0.15) is 11.1 Å². The maximum atomic E-state index is 13.1. The van der Waals surface area contributed by atoms with Crippen LogP contribution in [0.3, 0.4) is 0 Å². The van der Waals surface area contributed by atoms with Crippen LogP contribution in [0.5, 0.6) is 0 Å². The molecule has 0 radical (unpaired) electrons. The summed E-state index contributed by atoms with van der Waals surface area (Å²) < 4.78 is 38.7. The lowest BCUT2D eigenvalue weighted by molar-refractivity contribution is -0.138. The normalized spacial score (nSPS) is 28.8. The molecule has 1 saturated heterocycles. The lowest BCUT2D eigenvalue weighted by Gasteiger charge is -2.20. The molecule has 0 spiro atoms. The number of anilines is 1. The first kappa shape index (κ1) is 12.5. The second kappa shape index (κ2) is 3.72. The summed E-state index contributed by atoms with van der Waals surface area (Å²) in [6.07, 6.45) is 0.792. The van der Waals surface area contributed by atoms with Crippen molar-refractivity contribution in [3.05, 3.63) is 53.3 Å². The minimum Gasteiger partial charge on any atom is -0.399 e. The number of rotatable bonds is 1. The van der Waals surface area contributed by atoms with E-state index in [1.807, 2.05) is 0 Å². The maximum absolute atomic E-state index is 13.1. The summed E-state index contributed by atoms with van der Waals surface area (Å²) in [7, 11) is 0. The van der Waals surface area contributed by atoms with Crippen molar-refractivity contribution in [2.45, 2.75) is 16.2 Å². The van der Waals surface area contributed by atoms with Gasteiger partial charge in [0.1, 0.15) is 0 Å². The molecule has 2 unspecified atom stereocenters. The van der Waals surface area contributed by atoms with Gasteiger partial charge in [0.2, 0.25) is 0 Å². The van der Waals surface area contributed by atoms with Gasteiger partial charge < -0.3 is 11.5 Å². The first-order chi connectivity index (χ1) is 8.83. The number of benzene rings is 1. The van der Waals surface area contributed by atoms with Crippen molar-refractivity contribution < 1.29 is 13.2 Å². The third-order valence-corrected chi connectivity index (χ3v) is 4.83. The van der Waals surface area contributed by atoms with Gasteiger partial charge >= 0.3 is 6.18 Å². The van der Waals surface area contributed by atoms with Crippen LogP contribution in [0.4, 0.5) is 18.9 Å². The van der Waals surface area contributed by atoms with Crippen LogP contribution < -0.4 is 11.5 Å². The molecule has 2 aliphatic rings. The molecule has 0 aromatic heterocycles. The molecule has 2 nitrogen and oxygen atoms in total. The molecule has 1 aliphatic heterocycles. The SMILES string of the molecule is NC1=CC2SC2(c2ccc(N)cc2C(F)(F)F)C=C1. The number of nitrogen functional groups attached to an aromatic ring is 1. The molecule has 0 bridgehead atoms. The number of nitrogens with two attached hydrogens (primary N) is 2. The van der Waals surface area contributed by atoms with E-state index < -0.39 is 16.5 Å². The minimum atomic E-state index is -4.41. The van der Waals surface area contributed by atoms with E-state index in [1.54, 1.807) is 18.2 Å². The van der Waals surface area contributed by atoms with Crippen LogP contribution in [0.15, 0.2) is 42.1 Å². The van der Waals surface area contributed by atoms with Crippen molar-refractivity contribution in [1.29, 1.82) is 0 Å². The third kappa shape index (κ3) is 1.90. The van der Waals surface area contributed by atoms with Gasteiger partial charge in [0.05, 0.1) is 10.3 Å². The van der Waals surface area contributed by atoms with Gasteiger partial charge in [0.25, 0.3) is 0 Å². The van der Waals surface area contributed by atoms with Gasteiger partial charge in [-0.05, 0) is 29.8 Å². The standard InChI is InChI=1S/C13H11F3N2S/c14-13(15,16)10-5-7(17)1-2-9(10)12-4-3-8(18)6-11(12)19-12/h1-6,11H,17-18H2. The topological polar surface area (TPSA) is 52.0 Å². The Kier molecular flexibility index (Phi) is 2.44. The molecule has 0 saturated carbocycles. The van der Waals surface area contributed by atoms with Crippen LogP contribution in [0.25, 0.3) is 0 Å². The summed E-state index contributed by atoms with van der Waals surface area (Å²) >= 11 is 1.46. The number of alkyl halides is 3. The maximum Gasteiger partial charge on any atom is 0.416 e. The summed E-state index contributed by atoms with van der Waals surface area (Å²) in [5.74, 6) is 0. The van der Waals surface area contributed by atoms with Gasteiger partial charge in [-0.2, -0.15) is 13.2 Å². The van der Waals surface area contributed by atoms with E-state index in [9.17, 15) is 13.2 Å². The number of hydrogen-bond donors (Lipinski definition) is 2. The predicted molar refractivity (Wildman–Crippen MR) is 70.3 cm³/mol. The molecule has 19 heavy (non-hydrogen) atoms. The molecule has 1 aromatic carbocycles. The molecule has 0 amide bonds. The molecular formula is C13H11F3N2S. The van der Waals surface area contributed by atoms with Gasteiger partial charge in [-0.25, -0.2) is 0 Å². The molecule has 1 heterocycles. The zero-order valence-electron chi connectivity index (χ0n) is 9.74. The van der Waals surface area contributed by atoms with Crippen molar-refractivity contribution in [3.8, 4) is 0 Å². The summed E-state index contributed by atoms with van der Waals surface area (Å²) in [4.78, 5) is 0. The Balaban J connectivity index is 2.11. The quantitative estimate of drug-likeness (QED) is 0.615. The fourth-order valence-electron chi connectivity index (χ4n) is 2.36. The van der Waals surface area contributed by atoms with E-state index in [-0.39, 0.29) is 16.5 Å². The molecule has 4 N–H and O–H groups in total. The molecule has 1 aromatic rings. The highest BCUT2D eigenvalue weighted by Gasteiger charge is 2.57. The second-order valence-electron chi connectivity index (χ2n) is 4.63. The monoisotopic (exact) mass is 284 g/mol. The Bertz CT molecular complexity index is 606. The first-order valence-electron chi connectivity index (χ1n) is 5.64. The van der Waals surface area contributed by atoms with E-state index in [4.69, 9.17) is 11.5 Å². The highest BCUT2D eigenvalue weighted by molar-refractivity contribution is 8.08.